The molecule has 31 heavy (non-hydrogen) atoms. The minimum atomic E-state index is -0.591. The molecule has 3 aromatic carbocycles. The van der Waals surface area contributed by atoms with Gasteiger partial charge in [-0.2, -0.15) is 0 Å². The second-order valence-electron chi connectivity index (χ2n) is 7.27. The maximum atomic E-state index is 12.4. The molecule has 0 saturated heterocycles. The first-order valence-electron chi connectivity index (χ1n) is 9.69. The smallest absolute Gasteiger partial charge is 0.338 e. The molecule has 156 valence electrons. The molecule has 0 bridgehead atoms. The molecule has 0 fully saturated rings. The third-order valence-electron chi connectivity index (χ3n) is 4.85. The summed E-state index contributed by atoms with van der Waals surface area (Å²) in [6.07, 6.45) is 0. The number of carbonyl (C=O) groups is 2. The molecule has 4 rings (SSSR count). The van der Waals surface area contributed by atoms with Gasteiger partial charge in [0.25, 0.3) is 5.91 Å². The number of aromatic amines is 1. The Hall–Kier alpha value is -3.64. The fourth-order valence-electron chi connectivity index (χ4n) is 3.11. The third-order valence-corrected chi connectivity index (χ3v) is 5.09. The minimum Gasteiger partial charge on any atom is -0.452 e. The van der Waals surface area contributed by atoms with Gasteiger partial charge in [-0.1, -0.05) is 47.5 Å². The van der Waals surface area contributed by atoms with E-state index in [1.807, 2.05) is 38.1 Å². The van der Waals surface area contributed by atoms with Crippen LogP contribution in [0.15, 0.2) is 60.7 Å². The van der Waals surface area contributed by atoms with Gasteiger partial charge < -0.3 is 15.0 Å². The van der Waals surface area contributed by atoms with Crippen molar-refractivity contribution in [3.63, 3.8) is 0 Å². The van der Waals surface area contributed by atoms with Gasteiger partial charge in [0.2, 0.25) is 0 Å². The topological polar surface area (TPSA) is 84.1 Å². The van der Waals surface area contributed by atoms with E-state index in [-0.39, 0.29) is 0 Å². The summed E-state index contributed by atoms with van der Waals surface area (Å²) in [7, 11) is 0. The number of fused-ring (bicyclic) bond motifs is 1. The number of hydrogen-bond donors (Lipinski definition) is 2. The van der Waals surface area contributed by atoms with Crippen molar-refractivity contribution in [2.24, 2.45) is 0 Å². The van der Waals surface area contributed by atoms with E-state index >= 15 is 0 Å². The zero-order valence-electron chi connectivity index (χ0n) is 17.0. The van der Waals surface area contributed by atoms with Crippen LogP contribution in [0.25, 0.3) is 22.4 Å². The van der Waals surface area contributed by atoms with Gasteiger partial charge in [0.1, 0.15) is 5.82 Å². The Morgan fingerprint density at radius 2 is 1.81 bits per heavy atom. The van der Waals surface area contributed by atoms with Crippen molar-refractivity contribution in [2.75, 3.05) is 11.9 Å². The zero-order chi connectivity index (χ0) is 22.0. The van der Waals surface area contributed by atoms with E-state index in [4.69, 9.17) is 16.3 Å². The lowest BCUT2D eigenvalue weighted by atomic mass is 10.1. The predicted molar refractivity (Wildman–Crippen MR) is 121 cm³/mol. The van der Waals surface area contributed by atoms with E-state index in [1.165, 1.54) is 5.56 Å². The van der Waals surface area contributed by atoms with Crippen LogP contribution in [0, 0.1) is 13.8 Å². The molecule has 2 N–H and O–H groups in total. The fourth-order valence-corrected chi connectivity index (χ4v) is 3.29. The average Bonchev–Trinajstić information content (AvgIpc) is 3.18. The summed E-state index contributed by atoms with van der Waals surface area (Å²) in [4.78, 5) is 32.4. The van der Waals surface area contributed by atoms with Crippen LogP contribution in [0.1, 0.15) is 21.5 Å². The SMILES string of the molecule is Cc1ccc(-c2nc3ccc(C(=O)OCC(=O)Nc4cc(Cl)ccc4C)cc3[nH]2)cc1. The standard InChI is InChI=1S/C24H20ClN3O3/c1-14-3-6-16(7-4-14)23-27-19-10-8-17(11-21(19)28-23)24(30)31-13-22(29)26-20-12-18(25)9-5-15(20)2/h3-12H,13H2,1-2H3,(H,26,29)(H,27,28). The number of H-pyrrole nitrogens is 1. The van der Waals surface area contributed by atoms with Crippen LogP contribution >= 0.6 is 11.6 Å². The molecule has 0 radical (unpaired) electrons. The first kappa shape index (κ1) is 20.6. The number of esters is 1. The predicted octanol–water partition coefficient (Wildman–Crippen LogP) is 5.30. The van der Waals surface area contributed by atoms with Crippen LogP contribution in [0.2, 0.25) is 5.02 Å². The molecule has 6 nitrogen and oxygen atoms in total. The highest BCUT2D eigenvalue weighted by molar-refractivity contribution is 6.31. The molecule has 0 saturated carbocycles. The lowest BCUT2D eigenvalue weighted by Gasteiger charge is -2.09. The van der Waals surface area contributed by atoms with E-state index in [1.54, 1.807) is 36.4 Å². The third kappa shape index (κ3) is 4.75. The number of nitrogens with one attached hydrogen (secondary N) is 2. The van der Waals surface area contributed by atoms with Crippen LogP contribution in [0.4, 0.5) is 5.69 Å². The van der Waals surface area contributed by atoms with Crippen molar-refractivity contribution in [1.82, 2.24) is 9.97 Å². The Balaban J connectivity index is 1.43. The number of anilines is 1. The van der Waals surface area contributed by atoms with Crippen molar-refractivity contribution >= 4 is 40.2 Å². The number of benzene rings is 3. The van der Waals surface area contributed by atoms with Gasteiger partial charge >= 0.3 is 5.97 Å². The summed E-state index contributed by atoms with van der Waals surface area (Å²) in [6, 6.07) is 18.2. The largest absolute Gasteiger partial charge is 0.452 e. The van der Waals surface area contributed by atoms with Crippen LogP contribution in [0.5, 0.6) is 0 Å². The molecule has 7 heteroatoms. The zero-order valence-corrected chi connectivity index (χ0v) is 17.8. The van der Waals surface area contributed by atoms with Gasteiger partial charge in [-0.25, -0.2) is 9.78 Å². The number of rotatable bonds is 5. The highest BCUT2D eigenvalue weighted by Crippen LogP contribution is 2.22. The number of aromatic nitrogens is 2. The van der Waals surface area contributed by atoms with Crippen molar-refractivity contribution in [3.05, 3.63) is 82.4 Å². The summed E-state index contributed by atoms with van der Waals surface area (Å²) in [5, 5.41) is 3.21. The maximum Gasteiger partial charge on any atom is 0.338 e. The van der Waals surface area contributed by atoms with E-state index in [9.17, 15) is 9.59 Å². The first-order chi connectivity index (χ1) is 14.9. The fraction of sp³-hybridized carbons (Fsp3) is 0.125. The molecule has 0 unspecified atom stereocenters. The van der Waals surface area contributed by atoms with E-state index in [2.05, 4.69) is 15.3 Å². The molecular formula is C24H20ClN3O3. The van der Waals surface area contributed by atoms with Gasteiger partial charge in [0, 0.05) is 16.3 Å². The molecule has 4 aromatic rings. The molecule has 0 spiro atoms. The monoisotopic (exact) mass is 433 g/mol. The lowest BCUT2D eigenvalue weighted by Crippen LogP contribution is -2.21. The number of imidazole rings is 1. The summed E-state index contributed by atoms with van der Waals surface area (Å²) in [5.74, 6) is -0.314. The summed E-state index contributed by atoms with van der Waals surface area (Å²) in [5.41, 5.74) is 5.34. The number of nitrogens with zero attached hydrogens (tertiary/aromatic N) is 1. The lowest BCUT2D eigenvalue weighted by molar-refractivity contribution is -0.119. The molecule has 0 aliphatic rings. The Kier molecular flexibility index (Phi) is 5.73. The quantitative estimate of drug-likeness (QED) is 0.418. The number of carbonyl (C=O) groups excluding carboxylic acids is 2. The van der Waals surface area contributed by atoms with Crippen LogP contribution in [-0.2, 0) is 9.53 Å². The number of ether oxygens (including phenoxy) is 1. The number of halogens is 1. The Bertz CT molecular complexity index is 1280. The second-order valence-corrected chi connectivity index (χ2v) is 7.70. The van der Waals surface area contributed by atoms with Crippen molar-refractivity contribution in [1.29, 1.82) is 0 Å². The second kappa shape index (κ2) is 8.62. The average molecular weight is 434 g/mol. The highest BCUT2D eigenvalue weighted by Gasteiger charge is 2.14. The summed E-state index contributed by atoms with van der Waals surface area (Å²) in [6.45, 7) is 3.47. The van der Waals surface area contributed by atoms with Crippen molar-refractivity contribution < 1.29 is 14.3 Å². The van der Waals surface area contributed by atoms with E-state index in [0.717, 1.165) is 22.5 Å². The Labute approximate surface area is 184 Å². The molecule has 1 amide bonds. The van der Waals surface area contributed by atoms with Gasteiger partial charge in [0.05, 0.1) is 16.6 Å². The maximum absolute atomic E-state index is 12.4. The Morgan fingerprint density at radius 3 is 2.58 bits per heavy atom. The highest BCUT2D eigenvalue weighted by atomic mass is 35.5. The first-order valence-corrected chi connectivity index (χ1v) is 10.1. The molecule has 0 aliphatic carbocycles. The van der Waals surface area contributed by atoms with Crippen LogP contribution < -0.4 is 5.32 Å². The Morgan fingerprint density at radius 1 is 1.03 bits per heavy atom. The summed E-state index contributed by atoms with van der Waals surface area (Å²) >= 11 is 5.96. The van der Waals surface area contributed by atoms with Gasteiger partial charge in [-0.3, -0.25) is 4.79 Å². The van der Waals surface area contributed by atoms with Crippen LogP contribution in [0.3, 0.4) is 0 Å². The molecule has 0 aliphatic heterocycles. The minimum absolute atomic E-state index is 0.332. The molecule has 0 atom stereocenters. The molecular weight excluding hydrogens is 414 g/mol. The van der Waals surface area contributed by atoms with Crippen molar-refractivity contribution in [2.45, 2.75) is 13.8 Å². The molecule has 1 aromatic heterocycles. The normalized spacial score (nSPS) is 10.8. The van der Waals surface area contributed by atoms with Gasteiger partial charge in [0.15, 0.2) is 6.61 Å². The summed E-state index contributed by atoms with van der Waals surface area (Å²) < 4.78 is 5.17. The van der Waals surface area contributed by atoms with Crippen LogP contribution in [-0.4, -0.2) is 28.5 Å². The van der Waals surface area contributed by atoms with E-state index in [0.29, 0.717) is 21.8 Å². The van der Waals surface area contributed by atoms with E-state index < -0.39 is 18.5 Å². The van der Waals surface area contributed by atoms with Gasteiger partial charge in [-0.05, 0) is 49.7 Å². The number of aryl methyl sites for hydroxylation is 2. The van der Waals surface area contributed by atoms with Crippen molar-refractivity contribution in [3.8, 4) is 11.4 Å². The number of hydrogen-bond acceptors (Lipinski definition) is 4. The number of amides is 1. The molecule has 1 heterocycles. The van der Waals surface area contributed by atoms with Gasteiger partial charge in [-0.15, -0.1) is 0 Å².